The van der Waals surface area contributed by atoms with Gasteiger partial charge in [-0.15, -0.1) is 0 Å². The lowest BCUT2D eigenvalue weighted by Gasteiger charge is -2.27. The van der Waals surface area contributed by atoms with Crippen LogP contribution in [0.4, 0.5) is 5.13 Å². The fourth-order valence-electron chi connectivity index (χ4n) is 3.70. The van der Waals surface area contributed by atoms with E-state index < -0.39 is 5.41 Å². The first-order chi connectivity index (χ1) is 12.6. The topological polar surface area (TPSA) is 51.2 Å². The van der Waals surface area contributed by atoms with Gasteiger partial charge in [0.2, 0.25) is 5.91 Å². The van der Waals surface area contributed by atoms with Crippen molar-refractivity contribution in [3.8, 4) is 5.75 Å². The Morgan fingerprint density at radius 3 is 2.62 bits per heavy atom. The summed E-state index contributed by atoms with van der Waals surface area (Å²) in [4.78, 5) is 17.8. The number of rotatable bonds is 4. The summed E-state index contributed by atoms with van der Waals surface area (Å²) in [5.41, 5.74) is 1.39. The number of thiazole rings is 1. The van der Waals surface area contributed by atoms with Crippen LogP contribution in [0.15, 0.2) is 42.5 Å². The number of aromatic nitrogens is 1. The first kappa shape index (κ1) is 17.3. The molecule has 1 fully saturated rings. The van der Waals surface area contributed by atoms with Crippen molar-refractivity contribution < 1.29 is 9.53 Å². The zero-order chi connectivity index (χ0) is 18.1. The third-order valence-corrected chi connectivity index (χ3v) is 6.29. The number of hydrogen-bond donors (Lipinski definition) is 1. The standard InChI is InChI=1S/C20H19ClN2O2S/c1-25-15-8-9-16-17(12-15)26-19(22-16)23-18(24)20(10-2-3-11-20)13-4-6-14(21)7-5-13/h4-9,12H,2-3,10-11H2,1H3,(H,22,23,24). The second-order valence-corrected chi connectivity index (χ2v) is 8.07. The van der Waals surface area contributed by atoms with Gasteiger partial charge in [-0.2, -0.15) is 0 Å². The maximum atomic E-state index is 13.2. The molecule has 0 aliphatic heterocycles. The number of amides is 1. The molecular formula is C20H19ClN2O2S. The van der Waals surface area contributed by atoms with Crippen LogP contribution in [0.5, 0.6) is 5.75 Å². The normalized spacial score (nSPS) is 15.9. The van der Waals surface area contributed by atoms with Crippen molar-refractivity contribution in [3.05, 3.63) is 53.1 Å². The molecule has 1 aliphatic rings. The molecule has 0 atom stereocenters. The molecule has 3 aromatic rings. The molecule has 1 saturated carbocycles. The minimum Gasteiger partial charge on any atom is -0.497 e. The molecule has 2 aromatic carbocycles. The third-order valence-electron chi connectivity index (χ3n) is 5.10. The Bertz CT molecular complexity index is 946. The van der Waals surface area contributed by atoms with E-state index in [4.69, 9.17) is 16.3 Å². The zero-order valence-corrected chi connectivity index (χ0v) is 16.0. The van der Waals surface area contributed by atoms with E-state index in [1.54, 1.807) is 7.11 Å². The molecule has 1 heterocycles. The molecule has 1 N–H and O–H groups in total. The van der Waals surface area contributed by atoms with Crippen molar-refractivity contribution in [1.29, 1.82) is 0 Å². The molecule has 0 radical (unpaired) electrons. The van der Waals surface area contributed by atoms with E-state index in [-0.39, 0.29) is 5.91 Å². The lowest BCUT2D eigenvalue weighted by molar-refractivity contribution is -0.121. The molecule has 0 bridgehead atoms. The van der Waals surface area contributed by atoms with Crippen LogP contribution in [0.1, 0.15) is 31.2 Å². The highest BCUT2D eigenvalue weighted by Gasteiger charge is 2.43. The van der Waals surface area contributed by atoms with Gasteiger partial charge in [-0.05, 0) is 48.7 Å². The first-order valence-electron chi connectivity index (χ1n) is 8.63. The lowest BCUT2D eigenvalue weighted by Crippen LogP contribution is -2.37. The molecule has 134 valence electrons. The van der Waals surface area contributed by atoms with E-state index in [2.05, 4.69) is 10.3 Å². The Kier molecular flexibility index (Phi) is 4.59. The van der Waals surface area contributed by atoms with Crippen molar-refractivity contribution in [1.82, 2.24) is 4.98 Å². The minimum atomic E-state index is -0.500. The van der Waals surface area contributed by atoms with Crippen LogP contribution in [0.25, 0.3) is 10.2 Å². The minimum absolute atomic E-state index is 0.0170. The Morgan fingerprint density at radius 2 is 1.92 bits per heavy atom. The van der Waals surface area contributed by atoms with E-state index in [1.165, 1.54) is 11.3 Å². The van der Waals surface area contributed by atoms with E-state index in [0.717, 1.165) is 47.2 Å². The van der Waals surface area contributed by atoms with Crippen LogP contribution in [-0.2, 0) is 10.2 Å². The van der Waals surface area contributed by atoms with Crippen LogP contribution in [-0.4, -0.2) is 18.0 Å². The maximum absolute atomic E-state index is 13.2. The van der Waals surface area contributed by atoms with Crippen molar-refractivity contribution in [2.24, 2.45) is 0 Å². The Hall–Kier alpha value is -2.11. The van der Waals surface area contributed by atoms with Gasteiger partial charge in [-0.25, -0.2) is 4.98 Å². The van der Waals surface area contributed by atoms with Crippen LogP contribution in [0.2, 0.25) is 5.02 Å². The summed E-state index contributed by atoms with van der Waals surface area (Å²) in [6.45, 7) is 0. The second-order valence-electron chi connectivity index (χ2n) is 6.60. The van der Waals surface area contributed by atoms with Gasteiger partial charge < -0.3 is 10.1 Å². The fraction of sp³-hybridized carbons (Fsp3) is 0.300. The predicted molar refractivity (Wildman–Crippen MR) is 106 cm³/mol. The molecule has 26 heavy (non-hydrogen) atoms. The predicted octanol–water partition coefficient (Wildman–Crippen LogP) is 5.41. The fourth-order valence-corrected chi connectivity index (χ4v) is 4.71. The van der Waals surface area contributed by atoms with E-state index >= 15 is 0 Å². The number of anilines is 1. The van der Waals surface area contributed by atoms with Crippen LogP contribution < -0.4 is 10.1 Å². The molecule has 1 aliphatic carbocycles. The maximum Gasteiger partial charge on any atom is 0.236 e. The third kappa shape index (κ3) is 3.06. The lowest BCUT2D eigenvalue weighted by atomic mass is 9.78. The average Bonchev–Trinajstić information content (AvgIpc) is 3.28. The van der Waals surface area contributed by atoms with Gasteiger partial charge in [0.15, 0.2) is 5.13 Å². The van der Waals surface area contributed by atoms with Gasteiger partial charge in [0.1, 0.15) is 5.75 Å². The number of halogens is 1. The number of fused-ring (bicyclic) bond motifs is 1. The van der Waals surface area contributed by atoms with Gasteiger partial charge >= 0.3 is 0 Å². The van der Waals surface area contributed by atoms with Gasteiger partial charge in [-0.1, -0.05) is 47.9 Å². The second kappa shape index (κ2) is 6.89. The summed E-state index contributed by atoms with van der Waals surface area (Å²) in [5.74, 6) is 0.802. The highest BCUT2D eigenvalue weighted by Crippen LogP contribution is 2.43. The van der Waals surface area contributed by atoms with Crippen LogP contribution in [0, 0.1) is 0 Å². The van der Waals surface area contributed by atoms with Crippen molar-refractivity contribution >= 4 is 44.2 Å². The summed E-state index contributed by atoms with van der Waals surface area (Å²) in [7, 11) is 1.64. The first-order valence-corrected chi connectivity index (χ1v) is 9.82. The van der Waals surface area contributed by atoms with Crippen molar-refractivity contribution in [3.63, 3.8) is 0 Å². The molecule has 4 rings (SSSR count). The van der Waals surface area contributed by atoms with Crippen molar-refractivity contribution in [2.75, 3.05) is 12.4 Å². The zero-order valence-electron chi connectivity index (χ0n) is 14.4. The highest BCUT2D eigenvalue weighted by molar-refractivity contribution is 7.22. The van der Waals surface area contributed by atoms with Crippen LogP contribution in [0.3, 0.4) is 0 Å². The Balaban J connectivity index is 1.64. The van der Waals surface area contributed by atoms with E-state index in [0.29, 0.717) is 10.2 Å². The van der Waals surface area contributed by atoms with Gasteiger partial charge in [-0.3, -0.25) is 4.79 Å². The smallest absolute Gasteiger partial charge is 0.236 e. The highest BCUT2D eigenvalue weighted by atomic mass is 35.5. The SMILES string of the molecule is COc1ccc2nc(NC(=O)C3(c4ccc(Cl)cc4)CCCC3)sc2c1. The number of benzene rings is 2. The summed E-state index contributed by atoms with van der Waals surface area (Å²) in [5, 5.41) is 4.37. The number of carbonyl (C=O) groups is 1. The number of nitrogens with zero attached hydrogens (tertiary/aromatic N) is 1. The molecule has 4 nitrogen and oxygen atoms in total. The van der Waals surface area contributed by atoms with Gasteiger partial charge in [0.25, 0.3) is 0 Å². The van der Waals surface area contributed by atoms with Crippen molar-refractivity contribution in [2.45, 2.75) is 31.1 Å². The molecule has 0 unspecified atom stereocenters. The molecule has 6 heteroatoms. The molecule has 0 spiro atoms. The summed E-state index contributed by atoms with van der Waals surface area (Å²) in [6, 6.07) is 13.4. The molecule has 1 aromatic heterocycles. The van der Waals surface area contributed by atoms with Crippen LogP contribution >= 0.6 is 22.9 Å². The number of methoxy groups -OCH3 is 1. The Labute approximate surface area is 161 Å². The van der Waals surface area contributed by atoms with Gasteiger partial charge in [0, 0.05) is 5.02 Å². The number of ether oxygens (including phenoxy) is 1. The summed E-state index contributed by atoms with van der Waals surface area (Å²) >= 11 is 7.49. The van der Waals surface area contributed by atoms with E-state index in [9.17, 15) is 4.79 Å². The number of hydrogen-bond acceptors (Lipinski definition) is 4. The molecular weight excluding hydrogens is 368 g/mol. The van der Waals surface area contributed by atoms with E-state index in [1.807, 2.05) is 42.5 Å². The summed E-state index contributed by atoms with van der Waals surface area (Å²) in [6.07, 6.45) is 3.79. The summed E-state index contributed by atoms with van der Waals surface area (Å²) < 4.78 is 6.25. The average molecular weight is 387 g/mol. The largest absolute Gasteiger partial charge is 0.497 e. The quantitative estimate of drug-likeness (QED) is 0.652. The molecule has 1 amide bonds. The monoisotopic (exact) mass is 386 g/mol. The number of carbonyl (C=O) groups excluding carboxylic acids is 1. The number of nitrogens with one attached hydrogen (secondary N) is 1. The Morgan fingerprint density at radius 1 is 1.19 bits per heavy atom. The molecule has 0 saturated heterocycles. The van der Waals surface area contributed by atoms with Gasteiger partial charge in [0.05, 0.1) is 22.7 Å².